The van der Waals surface area contributed by atoms with Crippen LogP contribution in [0.3, 0.4) is 0 Å². The molecule has 11 heteroatoms. The molecule has 6 nitrogen and oxygen atoms in total. The summed E-state index contributed by atoms with van der Waals surface area (Å²) in [5, 5.41) is 2.22. The molecule has 0 saturated heterocycles. The number of carbonyl (C=O) groups excluding carboxylic acids is 1. The number of hydrogen-bond donors (Lipinski definition) is 1. The fourth-order valence-electron chi connectivity index (χ4n) is 1.83. The fraction of sp³-hybridized carbons (Fsp3) is 0.231. The number of carbonyl (C=O) groups is 1. The Morgan fingerprint density at radius 1 is 1.42 bits per heavy atom. The largest absolute Gasteiger partial charge is 0.320 e. The molecule has 2 aromatic heterocycles. The average molecular weight is 397 g/mol. The van der Waals surface area contributed by atoms with Gasteiger partial charge in [0, 0.05) is 18.5 Å². The Labute approximate surface area is 144 Å². The third-order valence-electron chi connectivity index (χ3n) is 2.84. The van der Waals surface area contributed by atoms with Crippen LogP contribution in [0.1, 0.15) is 9.67 Å². The molecule has 2 rings (SSSR count). The second-order valence-electron chi connectivity index (χ2n) is 4.74. The van der Waals surface area contributed by atoms with Crippen molar-refractivity contribution in [2.24, 2.45) is 0 Å². The van der Waals surface area contributed by atoms with Gasteiger partial charge >= 0.3 is 0 Å². The number of thiophene rings is 1. The lowest BCUT2D eigenvalue weighted by molar-refractivity contribution is 0.103. The number of halogens is 3. The Hall–Kier alpha value is -1.78. The highest BCUT2D eigenvalue weighted by Crippen LogP contribution is 2.31. The first kappa shape index (κ1) is 18.6. The minimum Gasteiger partial charge on any atom is -0.320 e. The van der Waals surface area contributed by atoms with Crippen molar-refractivity contribution < 1.29 is 22.0 Å². The first-order valence-corrected chi connectivity index (χ1v) is 9.48. The second kappa shape index (κ2) is 6.99. The number of aromatic nitrogens is 1. The third kappa shape index (κ3) is 4.00. The number of rotatable bonds is 5. The minimum absolute atomic E-state index is 0.0101. The summed E-state index contributed by atoms with van der Waals surface area (Å²) in [5.41, 5.74) is -1.08. The van der Waals surface area contributed by atoms with Crippen LogP contribution in [0.4, 0.5) is 14.5 Å². The molecule has 1 N–H and O–H groups in total. The lowest BCUT2D eigenvalue weighted by Crippen LogP contribution is -2.24. The van der Waals surface area contributed by atoms with Crippen LogP contribution in [0.15, 0.2) is 27.3 Å². The van der Waals surface area contributed by atoms with Gasteiger partial charge in [-0.1, -0.05) is 11.6 Å². The van der Waals surface area contributed by atoms with Gasteiger partial charge in [0.15, 0.2) is 15.7 Å². The van der Waals surface area contributed by atoms with E-state index in [9.17, 15) is 26.8 Å². The highest BCUT2D eigenvalue weighted by molar-refractivity contribution is 7.93. The van der Waals surface area contributed by atoms with Crippen LogP contribution >= 0.6 is 22.9 Å². The van der Waals surface area contributed by atoms with Gasteiger partial charge in [-0.05, 0) is 6.07 Å². The molecule has 0 fully saturated rings. The number of hydrogen-bond acceptors (Lipinski definition) is 5. The Balaban J connectivity index is 2.32. The summed E-state index contributed by atoms with van der Waals surface area (Å²) in [7, 11) is -3.59. The number of anilines is 1. The van der Waals surface area contributed by atoms with Crippen molar-refractivity contribution in [1.82, 2.24) is 4.57 Å². The van der Waals surface area contributed by atoms with E-state index >= 15 is 0 Å². The minimum atomic E-state index is -3.59. The maximum Gasteiger partial charge on any atom is 0.286 e. The van der Waals surface area contributed by atoms with Gasteiger partial charge in [-0.2, -0.15) is 0 Å². The van der Waals surface area contributed by atoms with E-state index in [1.807, 2.05) is 0 Å². The van der Waals surface area contributed by atoms with E-state index in [-0.39, 0.29) is 26.3 Å². The molecule has 0 unspecified atom stereocenters. The Bertz CT molecular complexity index is 953. The number of pyridine rings is 1. The monoisotopic (exact) mass is 396 g/mol. The van der Waals surface area contributed by atoms with Crippen LogP contribution in [0.2, 0.25) is 5.02 Å². The zero-order valence-corrected chi connectivity index (χ0v) is 14.6. The normalized spacial score (nSPS) is 11.5. The van der Waals surface area contributed by atoms with Crippen LogP contribution in [0.5, 0.6) is 0 Å². The van der Waals surface area contributed by atoms with E-state index < -0.39 is 33.8 Å². The Morgan fingerprint density at radius 3 is 2.62 bits per heavy atom. The standard InChI is InChI=1S/C13H11ClF2N2O4S2/c1-24(21,22)13-8(14)5-10(23-13)11(19)17-7-4-9(16)12(20)18(6-7)3-2-15/h4-6H,2-3H2,1H3,(H,17,19). The highest BCUT2D eigenvalue weighted by Gasteiger charge is 2.20. The molecular weight excluding hydrogens is 386 g/mol. The summed E-state index contributed by atoms with van der Waals surface area (Å²) in [6, 6.07) is 1.97. The smallest absolute Gasteiger partial charge is 0.286 e. The third-order valence-corrected chi connectivity index (χ3v) is 6.34. The molecule has 0 bridgehead atoms. The lowest BCUT2D eigenvalue weighted by Gasteiger charge is -2.08. The molecule has 130 valence electrons. The first-order valence-electron chi connectivity index (χ1n) is 6.40. The second-order valence-corrected chi connectivity index (χ2v) is 8.41. The summed E-state index contributed by atoms with van der Waals surface area (Å²) in [6.07, 6.45) is 2.05. The van der Waals surface area contributed by atoms with Gasteiger partial charge in [-0.25, -0.2) is 17.2 Å². The van der Waals surface area contributed by atoms with E-state index in [1.54, 1.807) is 0 Å². The molecule has 0 aliphatic heterocycles. The molecule has 0 aliphatic rings. The van der Waals surface area contributed by atoms with Gasteiger partial charge < -0.3 is 9.88 Å². The van der Waals surface area contributed by atoms with Gasteiger partial charge in [0.05, 0.1) is 22.1 Å². The molecule has 0 saturated carbocycles. The average Bonchev–Trinajstić information content (AvgIpc) is 2.86. The lowest BCUT2D eigenvalue weighted by atomic mass is 10.3. The molecule has 0 aliphatic carbocycles. The maximum atomic E-state index is 13.5. The molecular formula is C13H11ClF2N2O4S2. The number of aryl methyl sites for hydroxylation is 1. The quantitative estimate of drug-likeness (QED) is 0.840. The van der Waals surface area contributed by atoms with Crippen molar-refractivity contribution >= 4 is 44.4 Å². The molecule has 24 heavy (non-hydrogen) atoms. The summed E-state index contributed by atoms with van der Waals surface area (Å²) < 4.78 is 49.6. The SMILES string of the molecule is CS(=O)(=O)c1sc(C(=O)Nc2cc(F)c(=O)n(CCF)c2)cc1Cl. The van der Waals surface area contributed by atoms with Crippen molar-refractivity contribution in [1.29, 1.82) is 0 Å². The van der Waals surface area contributed by atoms with E-state index in [2.05, 4.69) is 5.32 Å². The van der Waals surface area contributed by atoms with Gasteiger partial charge in [0.1, 0.15) is 10.9 Å². The van der Waals surface area contributed by atoms with Crippen molar-refractivity contribution in [2.45, 2.75) is 10.8 Å². The zero-order valence-electron chi connectivity index (χ0n) is 12.2. The topological polar surface area (TPSA) is 85.2 Å². The summed E-state index contributed by atoms with van der Waals surface area (Å²) in [5.74, 6) is -1.89. The Morgan fingerprint density at radius 2 is 2.08 bits per heavy atom. The van der Waals surface area contributed by atoms with Crippen LogP contribution in [-0.2, 0) is 16.4 Å². The summed E-state index contributed by atoms with van der Waals surface area (Å²) in [6.45, 7) is -1.24. The maximum absolute atomic E-state index is 13.5. The van der Waals surface area contributed by atoms with E-state index in [4.69, 9.17) is 11.6 Å². The number of alkyl halides is 1. The van der Waals surface area contributed by atoms with Gasteiger partial charge in [0.2, 0.25) is 0 Å². The molecule has 2 heterocycles. The Kier molecular flexibility index (Phi) is 5.41. The number of amides is 1. The summed E-state index contributed by atoms with van der Waals surface area (Å²) in [4.78, 5) is 23.6. The van der Waals surface area contributed by atoms with Crippen molar-refractivity contribution in [3.8, 4) is 0 Å². The highest BCUT2D eigenvalue weighted by atomic mass is 35.5. The molecule has 2 aromatic rings. The van der Waals surface area contributed by atoms with Crippen LogP contribution in [0, 0.1) is 5.82 Å². The number of nitrogens with one attached hydrogen (secondary N) is 1. The van der Waals surface area contributed by atoms with E-state index in [1.165, 1.54) is 6.07 Å². The van der Waals surface area contributed by atoms with Gasteiger partial charge in [-0.15, -0.1) is 11.3 Å². The van der Waals surface area contributed by atoms with Crippen molar-refractivity contribution in [2.75, 3.05) is 18.2 Å². The van der Waals surface area contributed by atoms with Crippen LogP contribution in [-0.4, -0.2) is 31.8 Å². The molecule has 1 amide bonds. The molecule has 0 atom stereocenters. The molecule has 0 spiro atoms. The van der Waals surface area contributed by atoms with Crippen LogP contribution in [0.25, 0.3) is 0 Å². The zero-order chi connectivity index (χ0) is 18.1. The van der Waals surface area contributed by atoms with E-state index in [0.29, 0.717) is 11.3 Å². The van der Waals surface area contributed by atoms with Crippen molar-refractivity contribution in [3.05, 3.63) is 44.4 Å². The van der Waals surface area contributed by atoms with Crippen LogP contribution < -0.4 is 10.9 Å². The number of nitrogens with zero attached hydrogens (tertiary/aromatic N) is 1. The first-order chi connectivity index (χ1) is 11.1. The van der Waals surface area contributed by atoms with Gasteiger partial charge in [-0.3, -0.25) is 9.59 Å². The predicted octanol–water partition coefficient (Wildman–Crippen LogP) is 2.33. The van der Waals surface area contributed by atoms with Crippen molar-refractivity contribution in [3.63, 3.8) is 0 Å². The summed E-state index contributed by atoms with van der Waals surface area (Å²) >= 11 is 6.45. The fourth-order valence-corrected chi connectivity index (χ4v) is 4.51. The molecule has 0 aromatic carbocycles. The molecule has 0 radical (unpaired) electrons. The van der Waals surface area contributed by atoms with E-state index in [0.717, 1.165) is 23.1 Å². The number of sulfone groups is 1. The van der Waals surface area contributed by atoms with Gasteiger partial charge in [0.25, 0.3) is 11.5 Å². The predicted molar refractivity (Wildman–Crippen MR) is 87.0 cm³/mol.